The second-order valence-corrected chi connectivity index (χ2v) is 6.90. The number of halogens is 1. The monoisotopic (exact) mass is 377 g/mol. The van der Waals surface area contributed by atoms with Crippen LogP contribution in [-0.4, -0.2) is 64.0 Å². The van der Waals surface area contributed by atoms with Gasteiger partial charge in [-0.15, -0.1) is 12.4 Å². The standard InChI is InChI=1S/C18H23N5O2.ClH/c19-8-10-23-15-7-9-22(11-12(15)5-6-16(23)24)18(25)17-13-3-1-2-4-14(13)20-21-17;/h1-4,12,15H,5-11,19H2,(H,20,21);1H/t12-,15+;/m0./s1. The minimum Gasteiger partial charge on any atom is -0.338 e. The van der Waals surface area contributed by atoms with Crippen LogP contribution in [0.2, 0.25) is 0 Å². The first kappa shape index (κ1) is 18.7. The molecule has 0 bridgehead atoms. The van der Waals surface area contributed by atoms with Crippen molar-refractivity contribution in [2.75, 3.05) is 26.2 Å². The number of nitrogens with two attached hydrogens (primary N) is 1. The largest absolute Gasteiger partial charge is 0.338 e. The zero-order chi connectivity index (χ0) is 17.4. The Bertz CT molecular complexity index is 808. The third-order valence-electron chi connectivity index (χ3n) is 5.47. The minimum atomic E-state index is -0.0295. The molecule has 0 spiro atoms. The van der Waals surface area contributed by atoms with Crippen molar-refractivity contribution in [3.05, 3.63) is 30.0 Å². The molecule has 26 heavy (non-hydrogen) atoms. The number of H-pyrrole nitrogens is 1. The molecule has 7 nitrogen and oxygen atoms in total. The van der Waals surface area contributed by atoms with Crippen molar-refractivity contribution < 1.29 is 9.59 Å². The molecule has 2 fully saturated rings. The highest BCUT2D eigenvalue weighted by Gasteiger charge is 2.40. The lowest BCUT2D eigenvalue weighted by Gasteiger charge is -2.46. The van der Waals surface area contributed by atoms with Gasteiger partial charge < -0.3 is 15.5 Å². The van der Waals surface area contributed by atoms with Gasteiger partial charge >= 0.3 is 0 Å². The Labute approximate surface area is 158 Å². The van der Waals surface area contributed by atoms with E-state index in [9.17, 15) is 9.59 Å². The summed E-state index contributed by atoms with van der Waals surface area (Å²) in [5.41, 5.74) is 7.02. The summed E-state index contributed by atoms with van der Waals surface area (Å²) in [4.78, 5) is 28.9. The van der Waals surface area contributed by atoms with Crippen LogP contribution in [0, 0.1) is 5.92 Å². The fraction of sp³-hybridized carbons (Fsp3) is 0.500. The zero-order valence-electron chi connectivity index (χ0n) is 14.6. The maximum atomic E-state index is 13.0. The number of rotatable bonds is 3. The molecule has 4 rings (SSSR count). The Hall–Kier alpha value is -2.12. The van der Waals surface area contributed by atoms with Crippen LogP contribution in [0.15, 0.2) is 24.3 Å². The number of amides is 2. The topological polar surface area (TPSA) is 95.3 Å². The molecule has 0 aliphatic carbocycles. The van der Waals surface area contributed by atoms with Crippen molar-refractivity contribution >= 4 is 35.1 Å². The number of benzene rings is 1. The molecule has 2 atom stereocenters. The number of para-hydroxylation sites is 1. The molecule has 140 valence electrons. The summed E-state index contributed by atoms with van der Waals surface area (Å²) in [5.74, 6) is 0.495. The molecule has 1 aromatic heterocycles. The van der Waals surface area contributed by atoms with Gasteiger partial charge in [0.1, 0.15) is 0 Å². The normalized spacial score (nSPS) is 22.9. The quantitative estimate of drug-likeness (QED) is 0.845. The molecule has 2 saturated heterocycles. The molecular weight excluding hydrogens is 354 g/mol. The minimum absolute atomic E-state index is 0. The van der Waals surface area contributed by atoms with E-state index in [1.807, 2.05) is 34.1 Å². The number of carbonyl (C=O) groups excluding carboxylic acids is 2. The van der Waals surface area contributed by atoms with Gasteiger partial charge in [-0.25, -0.2) is 0 Å². The predicted molar refractivity (Wildman–Crippen MR) is 101 cm³/mol. The van der Waals surface area contributed by atoms with E-state index in [2.05, 4.69) is 10.2 Å². The van der Waals surface area contributed by atoms with Gasteiger partial charge in [0.25, 0.3) is 5.91 Å². The molecule has 8 heteroatoms. The van der Waals surface area contributed by atoms with Crippen molar-refractivity contribution in [1.29, 1.82) is 0 Å². The van der Waals surface area contributed by atoms with E-state index in [1.54, 1.807) is 0 Å². The summed E-state index contributed by atoms with van der Waals surface area (Å²) in [6, 6.07) is 7.89. The summed E-state index contributed by atoms with van der Waals surface area (Å²) in [6.07, 6.45) is 2.20. The summed E-state index contributed by atoms with van der Waals surface area (Å²) in [6.45, 7) is 2.42. The van der Waals surface area contributed by atoms with E-state index < -0.39 is 0 Å². The Kier molecular flexibility index (Phi) is 5.48. The number of nitrogens with zero attached hydrogens (tertiary/aromatic N) is 3. The molecule has 2 amide bonds. The van der Waals surface area contributed by atoms with Crippen LogP contribution in [0.4, 0.5) is 0 Å². The van der Waals surface area contributed by atoms with E-state index in [1.165, 1.54) is 0 Å². The van der Waals surface area contributed by atoms with Gasteiger partial charge in [-0.2, -0.15) is 5.10 Å². The Morgan fingerprint density at radius 3 is 2.92 bits per heavy atom. The number of likely N-dealkylation sites (tertiary alicyclic amines) is 2. The number of hydrogen-bond acceptors (Lipinski definition) is 4. The lowest BCUT2D eigenvalue weighted by Crippen LogP contribution is -2.57. The van der Waals surface area contributed by atoms with Gasteiger partial charge in [0, 0.05) is 44.0 Å². The average Bonchev–Trinajstić information content (AvgIpc) is 3.07. The maximum absolute atomic E-state index is 13.0. The second-order valence-electron chi connectivity index (χ2n) is 6.90. The van der Waals surface area contributed by atoms with Crippen LogP contribution in [0.5, 0.6) is 0 Å². The van der Waals surface area contributed by atoms with Gasteiger partial charge in [-0.3, -0.25) is 14.7 Å². The molecule has 0 radical (unpaired) electrons. The van der Waals surface area contributed by atoms with Crippen molar-refractivity contribution in [2.24, 2.45) is 11.7 Å². The zero-order valence-corrected chi connectivity index (χ0v) is 15.4. The summed E-state index contributed by atoms with van der Waals surface area (Å²) in [7, 11) is 0. The SMILES string of the molecule is Cl.NCCN1C(=O)CC[C@H]2CN(C(=O)c3n[nH]c4ccccc34)CC[C@H]21. The van der Waals surface area contributed by atoms with Gasteiger partial charge in [0.05, 0.1) is 5.52 Å². The molecule has 0 unspecified atom stereocenters. The van der Waals surface area contributed by atoms with Crippen LogP contribution >= 0.6 is 12.4 Å². The third kappa shape index (κ3) is 3.17. The van der Waals surface area contributed by atoms with Crippen LogP contribution in [0.3, 0.4) is 0 Å². The molecule has 3 N–H and O–H groups in total. The second kappa shape index (κ2) is 7.63. The Morgan fingerprint density at radius 2 is 2.12 bits per heavy atom. The van der Waals surface area contributed by atoms with Crippen molar-refractivity contribution in [2.45, 2.75) is 25.3 Å². The van der Waals surface area contributed by atoms with Crippen molar-refractivity contribution in [3.8, 4) is 0 Å². The van der Waals surface area contributed by atoms with Crippen LogP contribution in [0.25, 0.3) is 10.9 Å². The first-order valence-electron chi connectivity index (χ1n) is 8.91. The van der Waals surface area contributed by atoms with Crippen LogP contribution in [-0.2, 0) is 4.79 Å². The number of fused-ring (bicyclic) bond motifs is 2. The first-order chi connectivity index (χ1) is 12.2. The van der Waals surface area contributed by atoms with E-state index in [-0.39, 0.29) is 30.3 Å². The summed E-state index contributed by atoms with van der Waals surface area (Å²) < 4.78 is 0. The number of aromatic amines is 1. The molecule has 2 aliphatic rings. The number of carbonyl (C=O) groups is 2. The molecule has 2 aliphatic heterocycles. The fourth-order valence-corrected chi connectivity index (χ4v) is 4.24. The molecule has 1 aromatic carbocycles. The highest BCUT2D eigenvalue weighted by atomic mass is 35.5. The molecule has 0 saturated carbocycles. The van der Waals surface area contributed by atoms with Gasteiger partial charge in [-0.1, -0.05) is 18.2 Å². The third-order valence-corrected chi connectivity index (χ3v) is 5.47. The van der Waals surface area contributed by atoms with E-state index >= 15 is 0 Å². The van der Waals surface area contributed by atoms with E-state index in [0.717, 1.165) is 23.7 Å². The molecule has 2 aromatic rings. The van der Waals surface area contributed by atoms with Gasteiger partial charge in [0.15, 0.2) is 5.69 Å². The number of nitrogens with one attached hydrogen (secondary N) is 1. The highest BCUT2D eigenvalue weighted by molar-refractivity contribution is 6.04. The lowest BCUT2D eigenvalue weighted by molar-refractivity contribution is -0.140. The van der Waals surface area contributed by atoms with Gasteiger partial charge in [0.2, 0.25) is 5.91 Å². The predicted octanol–water partition coefficient (Wildman–Crippen LogP) is 1.40. The van der Waals surface area contributed by atoms with Gasteiger partial charge in [-0.05, 0) is 24.8 Å². The average molecular weight is 378 g/mol. The number of hydrogen-bond donors (Lipinski definition) is 2. The Morgan fingerprint density at radius 1 is 1.31 bits per heavy atom. The lowest BCUT2D eigenvalue weighted by atomic mass is 9.83. The van der Waals surface area contributed by atoms with Crippen LogP contribution < -0.4 is 5.73 Å². The fourth-order valence-electron chi connectivity index (χ4n) is 4.24. The smallest absolute Gasteiger partial charge is 0.275 e. The van der Waals surface area contributed by atoms with Crippen LogP contribution in [0.1, 0.15) is 29.8 Å². The van der Waals surface area contributed by atoms with E-state index in [0.29, 0.717) is 44.2 Å². The van der Waals surface area contributed by atoms with E-state index in [4.69, 9.17) is 5.73 Å². The summed E-state index contributed by atoms with van der Waals surface area (Å²) >= 11 is 0. The first-order valence-corrected chi connectivity index (χ1v) is 8.91. The van der Waals surface area contributed by atoms with Crippen molar-refractivity contribution in [3.63, 3.8) is 0 Å². The maximum Gasteiger partial charge on any atom is 0.275 e. The van der Waals surface area contributed by atoms with Crippen molar-refractivity contribution in [1.82, 2.24) is 20.0 Å². The number of aromatic nitrogens is 2. The number of piperidine rings is 2. The molecule has 3 heterocycles. The summed E-state index contributed by atoms with van der Waals surface area (Å²) in [5, 5.41) is 8.02. The highest BCUT2D eigenvalue weighted by Crippen LogP contribution is 2.32. The molecular formula is C18H24ClN5O2. The Balaban J connectivity index is 0.00000196.